The fourth-order valence-corrected chi connectivity index (χ4v) is 3.10. The Morgan fingerprint density at radius 3 is 2.89 bits per heavy atom. The molecule has 2 atom stereocenters. The van der Waals surface area contributed by atoms with E-state index in [1.807, 2.05) is 4.90 Å². The number of amides is 1. The Kier molecular flexibility index (Phi) is 6.11. The summed E-state index contributed by atoms with van der Waals surface area (Å²) in [7, 11) is 0. The van der Waals surface area contributed by atoms with Crippen molar-refractivity contribution >= 4 is 5.91 Å². The van der Waals surface area contributed by atoms with Crippen molar-refractivity contribution in [2.75, 3.05) is 39.4 Å². The van der Waals surface area contributed by atoms with Crippen molar-refractivity contribution in [2.45, 2.75) is 39.0 Å². The number of ether oxygens (including phenoxy) is 1. The van der Waals surface area contributed by atoms with E-state index in [2.05, 4.69) is 12.2 Å². The quantitative estimate of drug-likeness (QED) is 0.796. The lowest BCUT2D eigenvalue weighted by atomic mass is 9.94. The highest BCUT2D eigenvalue weighted by Crippen LogP contribution is 2.18. The summed E-state index contributed by atoms with van der Waals surface area (Å²) in [6, 6.07) is 0. The SMILES string of the molecule is CCN(CC1CCOC1)C(=O)CCC1CCCNC1. The van der Waals surface area contributed by atoms with E-state index >= 15 is 0 Å². The summed E-state index contributed by atoms with van der Waals surface area (Å²) in [4.78, 5) is 14.3. The van der Waals surface area contributed by atoms with Crippen LogP contribution in [0.25, 0.3) is 0 Å². The van der Waals surface area contributed by atoms with Crippen LogP contribution in [0.4, 0.5) is 0 Å². The number of carbonyl (C=O) groups is 1. The summed E-state index contributed by atoms with van der Waals surface area (Å²) in [6.07, 6.45) is 5.41. The van der Waals surface area contributed by atoms with E-state index in [9.17, 15) is 4.79 Å². The number of hydrogen-bond acceptors (Lipinski definition) is 3. The van der Waals surface area contributed by atoms with Gasteiger partial charge in [0, 0.05) is 32.0 Å². The number of rotatable bonds is 6. The average Bonchev–Trinajstić information content (AvgIpc) is 2.96. The lowest BCUT2D eigenvalue weighted by Crippen LogP contribution is -2.36. The molecule has 0 bridgehead atoms. The molecule has 0 aromatic rings. The standard InChI is InChI=1S/C15H28N2O2/c1-2-17(11-14-7-9-19-12-14)15(18)6-5-13-4-3-8-16-10-13/h13-14,16H,2-12H2,1H3. The van der Waals surface area contributed by atoms with Gasteiger partial charge in [-0.05, 0) is 51.6 Å². The molecule has 4 nitrogen and oxygen atoms in total. The third kappa shape index (κ3) is 4.77. The number of nitrogens with one attached hydrogen (secondary N) is 1. The van der Waals surface area contributed by atoms with E-state index < -0.39 is 0 Å². The largest absolute Gasteiger partial charge is 0.381 e. The summed E-state index contributed by atoms with van der Waals surface area (Å²) in [5, 5.41) is 3.42. The molecule has 1 N–H and O–H groups in total. The molecule has 2 heterocycles. The van der Waals surface area contributed by atoms with Crippen molar-refractivity contribution in [3.63, 3.8) is 0 Å². The van der Waals surface area contributed by atoms with Gasteiger partial charge in [-0.25, -0.2) is 0 Å². The van der Waals surface area contributed by atoms with Crippen molar-refractivity contribution in [3.8, 4) is 0 Å². The molecular formula is C15H28N2O2. The van der Waals surface area contributed by atoms with Gasteiger partial charge in [-0.3, -0.25) is 4.79 Å². The fraction of sp³-hybridized carbons (Fsp3) is 0.933. The zero-order valence-corrected chi connectivity index (χ0v) is 12.2. The van der Waals surface area contributed by atoms with Gasteiger partial charge in [-0.15, -0.1) is 0 Å². The highest BCUT2D eigenvalue weighted by atomic mass is 16.5. The number of carbonyl (C=O) groups excluding carboxylic acids is 1. The van der Waals surface area contributed by atoms with E-state index in [4.69, 9.17) is 4.74 Å². The van der Waals surface area contributed by atoms with Gasteiger partial charge in [0.2, 0.25) is 5.91 Å². The Morgan fingerprint density at radius 2 is 2.26 bits per heavy atom. The van der Waals surface area contributed by atoms with Gasteiger partial charge in [0.1, 0.15) is 0 Å². The summed E-state index contributed by atoms with van der Waals surface area (Å²) < 4.78 is 5.39. The molecule has 0 aromatic carbocycles. The van der Waals surface area contributed by atoms with E-state index in [0.29, 0.717) is 24.2 Å². The van der Waals surface area contributed by atoms with Crippen molar-refractivity contribution in [1.82, 2.24) is 10.2 Å². The molecule has 0 aromatic heterocycles. The Bertz CT molecular complexity index is 271. The van der Waals surface area contributed by atoms with Crippen molar-refractivity contribution in [2.24, 2.45) is 11.8 Å². The molecule has 2 rings (SSSR count). The maximum absolute atomic E-state index is 12.3. The maximum atomic E-state index is 12.3. The number of hydrogen-bond donors (Lipinski definition) is 1. The lowest BCUT2D eigenvalue weighted by molar-refractivity contribution is -0.132. The van der Waals surface area contributed by atoms with E-state index in [1.54, 1.807) is 0 Å². The van der Waals surface area contributed by atoms with Crippen LogP contribution in [-0.2, 0) is 9.53 Å². The molecule has 4 heteroatoms. The first-order chi connectivity index (χ1) is 9.29. The molecule has 2 unspecified atom stereocenters. The second-order valence-electron chi connectivity index (χ2n) is 5.91. The predicted molar refractivity (Wildman–Crippen MR) is 76.0 cm³/mol. The van der Waals surface area contributed by atoms with Crippen LogP contribution in [0.2, 0.25) is 0 Å². The highest BCUT2D eigenvalue weighted by Gasteiger charge is 2.22. The van der Waals surface area contributed by atoms with Gasteiger partial charge < -0.3 is 15.0 Å². The molecule has 1 amide bonds. The molecule has 2 aliphatic rings. The van der Waals surface area contributed by atoms with E-state index in [0.717, 1.165) is 52.2 Å². The van der Waals surface area contributed by atoms with Gasteiger partial charge in [0.25, 0.3) is 0 Å². The minimum atomic E-state index is 0.333. The molecule has 0 aliphatic carbocycles. The summed E-state index contributed by atoms with van der Waals surface area (Å²) in [5.74, 6) is 1.59. The van der Waals surface area contributed by atoms with Crippen LogP contribution >= 0.6 is 0 Å². The predicted octanol–water partition coefficient (Wildman–Crippen LogP) is 1.65. The Morgan fingerprint density at radius 1 is 1.37 bits per heavy atom. The number of piperidine rings is 1. The first-order valence-corrected chi connectivity index (χ1v) is 7.85. The topological polar surface area (TPSA) is 41.6 Å². The van der Waals surface area contributed by atoms with Gasteiger partial charge in [0.05, 0.1) is 6.61 Å². The second kappa shape index (κ2) is 7.85. The van der Waals surface area contributed by atoms with E-state index in [-0.39, 0.29) is 0 Å². The monoisotopic (exact) mass is 268 g/mol. The molecule has 2 aliphatic heterocycles. The van der Waals surface area contributed by atoms with Crippen LogP contribution in [0, 0.1) is 11.8 Å². The summed E-state index contributed by atoms with van der Waals surface area (Å²) in [6.45, 7) is 7.73. The molecule has 0 spiro atoms. The van der Waals surface area contributed by atoms with Crippen LogP contribution in [-0.4, -0.2) is 50.2 Å². The fourth-order valence-electron chi connectivity index (χ4n) is 3.10. The van der Waals surface area contributed by atoms with Crippen LogP contribution in [0.15, 0.2) is 0 Å². The Hall–Kier alpha value is -0.610. The summed E-state index contributed by atoms with van der Waals surface area (Å²) >= 11 is 0. The third-order valence-electron chi connectivity index (χ3n) is 4.40. The maximum Gasteiger partial charge on any atom is 0.222 e. The van der Waals surface area contributed by atoms with Crippen LogP contribution < -0.4 is 5.32 Å². The Labute approximate surface area is 116 Å². The molecule has 0 radical (unpaired) electrons. The molecule has 2 fully saturated rings. The third-order valence-corrected chi connectivity index (χ3v) is 4.40. The lowest BCUT2D eigenvalue weighted by Gasteiger charge is -2.26. The van der Waals surface area contributed by atoms with Crippen molar-refractivity contribution in [3.05, 3.63) is 0 Å². The zero-order chi connectivity index (χ0) is 13.5. The van der Waals surface area contributed by atoms with Crippen molar-refractivity contribution in [1.29, 1.82) is 0 Å². The zero-order valence-electron chi connectivity index (χ0n) is 12.2. The minimum absolute atomic E-state index is 0.333. The van der Waals surface area contributed by atoms with Crippen LogP contribution in [0.5, 0.6) is 0 Å². The normalized spacial score (nSPS) is 27.4. The Balaban J connectivity index is 1.69. The molecular weight excluding hydrogens is 240 g/mol. The smallest absolute Gasteiger partial charge is 0.222 e. The number of nitrogens with zero attached hydrogens (tertiary/aromatic N) is 1. The first-order valence-electron chi connectivity index (χ1n) is 7.85. The van der Waals surface area contributed by atoms with Gasteiger partial charge in [-0.2, -0.15) is 0 Å². The van der Waals surface area contributed by atoms with Crippen LogP contribution in [0.3, 0.4) is 0 Å². The molecule has 2 saturated heterocycles. The molecule has 110 valence electrons. The van der Waals surface area contributed by atoms with Crippen LogP contribution in [0.1, 0.15) is 39.0 Å². The molecule has 19 heavy (non-hydrogen) atoms. The molecule has 0 saturated carbocycles. The first kappa shape index (κ1) is 14.8. The van der Waals surface area contributed by atoms with Gasteiger partial charge in [0.15, 0.2) is 0 Å². The average molecular weight is 268 g/mol. The van der Waals surface area contributed by atoms with Crippen molar-refractivity contribution < 1.29 is 9.53 Å². The van der Waals surface area contributed by atoms with E-state index in [1.165, 1.54) is 12.8 Å². The summed E-state index contributed by atoms with van der Waals surface area (Å²) in [5.41, 5.74) is 0. The minimum Gasteiger partial charge on any atom is -0.381 e. The highest BCUT2D eigenvalue weighted by molar-refractivity contribution is 5.76. The van der Waals surface area contributed by atoms with Gasteiger partial charge >= 0.3 is 0 Å². The van der Waals surface area contributed by atoms with Gasteiger partial charge in [-0.1, -0.05) is 0 Å². The second-order valence-corrected chi connectivity index (χ2v) is 5.91.